The second-order valence-corrected chi connectivity index (χ2v) is 9.07. The first-order valence-corrected chi connectivity index (χ1v) is 11.7. The fourth-order valence-electron chi connectivity index (χ4n) is 3.39. The summed E-state index contributed by atoms with van der Waals surface area (Å²) in [6, 6.07) is 3.74. The average molecular weight is 445 g/mol. The van der Waals surface area contributed by atoms with Crippen LogP contribution in [0.1, 0.15) is 57.1 Å². The summed E-state index contributed by atoms with van der Waals surface area (Å²) in [6.07, 6.45) is 8.99. The molecule has 0 saturated carbocycles. The molecule has 2 aromatic rings. The Balaban J connectivity index is 1.91. The van der Waals surface area contributed by atoms with Crippen LogP contribution in [-0.2, 0) is 4.79 Å². The van der Waals surface area contributed by atoms with Gasteiger partial charge in [0.15, 0.2) is 0 Å². The summed E-state index contributed by atoms with van der Waals surface area (Å²) in [4.78, 5) is 32.8. The van der Waals surface area contributed by atoms with Crippen molar-refractivity contribution in [3.8, 4) is 0 Å². The van der Waals surface area contributed by atoms with E-state index in [1.807, 2.05) is 26.0 Å². The Morgan fingerprint density at radius 1 is 1.17 bits per heavy atom. The molecular weight excluding hydrogens is 416 g/mol. The molecule has 1 aliphatic heterocycles. The van der Waals surface area contributed by atoms with Gasteiger partial charge in [-0.15, -0.1) is 0 Å². The van der Waals surface area contributed by atoms with E-state index in [9.17, 15) is 9.59 Å². The molecule has 0 aliphatic carbocycles. The Bertz CT molecular complexity index is 1050. The molecule has 0 radical (unpaired) electrons. The average Bonchev–Trinajstić information content (AvgIpc) is 2.98. The Kier molecular flexibility index (Phi) is 7.66. The third kappa shape index (κ3) is 4.92. The van der Waals surface area contributed by atoms with Crippen LogP contribution in [0.15, 0.2) is 28.0 Å². The minimum Gasteiger partial charge on any atom is -0.370 e. The van der Waals surface area contributed by atoms with Gasteiger partial charge in [0.2, 0.25) is 0 Å². The molecular formula is C22H28N4O2S2. The highest BCUT2D eigenvalue weighted by atomic mass is 32.2. The summed E-state index contributed by atoms with van der Waals surface area (Å²) in [5, 5.41) is 3.15. The number of nitrogens with zero attached hydrogens (tertiary/aromatic N) is 3. The van der Waals surface area contributed by atoms with Gasteiger partial charge in [0, 0.05) is 19.3 Å². The van der Waals surface area contributed by atoms with E-state index in [2.05, 4.69) is 17.2 Å². The van der Waals surface area contributed by atoms with Gasteiger partial charge < -0.3 is 5.32 Å². The third-order valence-corrected chi connectivity index (χ3v) is 6.36. The number of aryl methyl sites for hydroxylation is 1. The lowest BCUT2D eigenvalue weighted by molar-refractivity contribution is -0.122. The van der Waals surface area contributed by atoms with Crippen molar-refractivity contribution in [2.75, 3.05) is 18.4 Å². The molecule has 3 heterocycles. The summed E-state index contributed by atoms with van der Waals surface area (Å²) in [7, 11) is 0. The number of hydrogen-bond donors (Lipinski definition) is 1. The van der Waals surface area contributed by atoms with Crippen LogP contribution in [0.25, 0.3) is 11.7 Å². The van der Waals surface area contributed by atoms with Crippen LogP contribution < -0.4 is 10.9 Å². The van der Waals surface area contributed by atoms with E-state index in [1.165, 1.54) is 35.4 Å². The predicted octanol–water partition coefficient (Wildman–Crippen LogP) is 4.61. The quantitative estimate of drug-likeness (QED) is 0.346. The van der Waals surface area contributed by atoms with E-state index in [1.54, 1.807) is 17.2 Å². The van der Waals surface area contributed by atoms with Gasteiger partial charge in [-0.3, -0.25) is 18.9 Å². The Hall–Kier alpha value is -2.19. The van der Waals surface area contributed by atoms with Gasteiger partial charge in [-0.2, -0.15) is 0 Å². The molecule has 1 aliphatic rings. The van der Waals surface area contributed by atoms with E-state index in [-0.39, 0.29) is 11.5 Å². The number of fused-ring (bicyclic) bond motifs is 1. The van der Waals surface area contributed by atoms with Gasteiger partial charge in [-0.05, 0) is 38.0 Å². The molecule has 160 valence electrons. The lowest BCUT2D eigenvalue weighted by Crippen LogP contribution is -2.29. The molecule has 0 atom stereocenters. The highest BCUT2D eigenvalue weighted by Crippen LogP contribution is 2.33. The van der Waals surface area contributed by atoms with Crippen LogP contribution in [0.3, 0.4) is 0 Å². The van der Waals surface area contributed by atoms with E-state index >= 15 is 0 Å². The fourth-order valence-corrected chi connectivity index (χ4v) is 4.68. The smallest absolute Gasteiger partial charge is 0.267 e. The van der Waals surface area contributed by atoms with Gasteiger partial charge in [-0.25, -0.2) is 4.98 Å². The normalized spacial score (nSPS) is 15.6. The number of pyridine rings is 1. The van der Waals surface area contributed by atoms with Gasteiger partial charge in [-0.1, -0.05) is 62.7 Å². The molecule has 0 unspecified atom stereocenters. The zero-order valence-corrected chi connectivity index (χ0v) is 19.4. The lowest BCUT2D eigenvalue weighted by atomic mass is 10.1. The van der Waals surface area contributed by atoms with Crippen molar-refractivity contribution in [3.63, 3.8) is 0 Å². The van der Waals surface area contributed by atoms with Crippen molar-refractivity contribution in [1.82, 2.24) is 14.3 Å². The number of aromatic nitrogens is 2. The van der Waals surface area contributed by atoms with Crippen molar-refractivity contribution in [2.45, 2.75) is 52.9 Å². The van der Waals surface area contributed by atoms with Crippen LogP contribution in [0.4, 0.5) is 5.82 Å². The zero-order chi connectivity index (χ0) is 21.7. The van der Waals surface area contributed by atoms with Crippen LogP contribution in [-0.4, -0.2) is 37.6 Å². The number of rotatable bonds is 9. The topological polar surface area (TPSA) is 66.7 Å². The second kappa shape index (κ2) is 10.2. The SMILES string of the molecule is CCCCCCCN1C(=O)/C(=C\c2c(NCC)nc3ccc(C)cn3c2=O)SC1=S. The first kappa shape index (κ1) is 22.5. The molecule has 30 heavy (non-hydrogen) atoms. The first-order chi connectivity index (χ1) is 14.5. The highest BCUT2D eigenvalue weighted by Gasteiger charge is 2.32. The molecule has 8 heteroatoms. The van der Waals surface area contributed by atoms with Crippen LogP contribution in [0.2, 0.25) is 0 Å². The minimum absolute atomic E-state index is 0.128. The number of thioether (sulfide) groups is 1. The number of amides is 1. The summed E-state index contributed by atoms with van der Waals surface area (Å²) in [6.45, 7) is 7.30. The maximum atomic E-state index is 13.2. The molecule has 6 nitrogen and oxygen atoms in total. The molecule has 0 spiro atoms. The Labute approximate surface area is 186 Å². The molecule has 1 saturated heterocycles. The molecule has 3 rings (SSSR count). The number of thiocarbonyl (C=S) groups is 1. The lowest BCUT2D eigenvalue weighted by Gasteiger charge is -2.14. The number of carbonyl (C=O) groups excluding carboxylic acids is 1. The Morgan fingerprint density at radius 3 is 2.67 bits per heavy atom. The monoisotopic (exact) mass is 444 g/mol. The third-order valence-electron chi connectivity index (χ3n) is 4.98. The van der Waals surface area contributed by atoms with Crippen molar-refractivity contribution in [1.29, 1.82) is 0 Å². The van der Waals surface area contributed by atoms with Crippen molar-refractivity contribution >= 4 is 51.7 Å². The number of nitrogens with one attached hydrogen (secondary N) is 1. The Morgan fingerprint density at radius 2 is 1.93 bits per heavy atom. The number of hydrogen-bond acceptors (Lipinski definition) is 6. The maximum Gasteiger partial charge on any atom is 0.267 e. The standard InChI is InChI=1S/C22H28N4O2S2/c1-4-6-7-8-9-12-25-21(28)17(30-22(25)29)13-16-19(23-5-2)24-18-11-10-15(3)14-26(18)20(16)27/h10-11,13-14,23H,4-9,12H2,1-3H3/b17-13+. The number of carbonyl (C=O) groups is 1. The van der Waals surface area contributed by atoms with E-state index < -0.39 is 0 Å². The molecule has 1 amide bonds. The molecule has 1 fully saturated rings. The zero-order valence-electron chi connectivity index (χ0n) is 17.7. The van der Waals surface area contributed by atoms with Crippen molar-refractivity contribution in [3.05, 3.63) is 44.7 Å². The van der Waals surface area contributed by atoms with Crippen molar-refractivity contribution < 1.29 is 4.79 Å². The molecule has 0 bridgehead atoms. The van der Waals surface area contributed by atoms with Gasteiger partial charge in [0.25, 0.3) is 11.5 Å². The van der Waals surface area contributed by atoms with E-state index in [0.29, 0.717) is 39.3 Å². The molecule has 2 aromatic heterocycles. The first-order valence-electron chi connectivity index (χ1n) is 10.5. The summed E-state index contributed by atoms with van der Waals surface area (Å²) in [5.74, 6) is 0.355. The highest BCUT2D eigenvalue weighted by molar-refractivity contribution is 8.26. The summed E-state index contributed by atoms with van der Waals surface area (Å²) in [5.41, 5.74) is 1.70. The van der Waals surface area contributed by atoms with E-state index in [4.69, 9.17) is 12.2 Å². The van der Waals surface area contributed by atoms with Crippen LogP contribution >= 0.6 is 24.0 Å². The van der Waals surface area contributed by atoms with Crippen LogP contribution in [0, 0.1) is 6.92 Å². The van der Waals surface area contributed by atoms with Crippen molar-refractivity contribution in [2.24, 2.45) is 0 Å². The predicted molar refractivity (Wildman–Crippen MR) is 129 cm³/mol. The van der Waals surface area contributed by atoms with E-state index in [0.717, 1.165) is 18.4 Å². The van der Waals surface area contributed by atoms with Gasteiger partial charge in [0.05, 0.1) is 10.5 Å². The molecule has 1 N–H and O–H groups in total. The fraction of sp³-hybridized carbons (Fsp3) is 0.455. The minimum atomic E-state index is -0.204. The summed E-state index contributed by atoms with van der Waals surface area (Å²) < 4.78 is 2.08. The number of unbranched alkanes of at least 4 members (excludes halogenated alkanes) is 4. The number of anilines is 1. The largest absolute Gasteiger partial charge is 0.370 e. The van der Waals surface area contributed by atoms with Crippen LogP contribution in [0.5, 0.6) is 0 Å². The maximum absolute atomic E-state index is 13.2. The van der Waals surface area contributed by atoms with Gasteiger partial charge in [0.1, 0.15) is 15.8 Å². The second-order valence-electron chi connectivity index (χ2n) is 7.39. The summed E-state index contributed by atoms with van der Waals surface area (Å²) >= 11 is 6.69. The van der Waals surface area contributed by atoms with Gasteiger partial charge >= 0.3 is 0 Å². The molecule has 0 aromatic carbocycles.